The number of carbonyl (C=O) groups excluding carboxylic acids is 1. The monoisotopic (exact) mass is 461 g/mol. The Labute approximate surface area is 195 Å². The third kappa shape index (κ3) is 5.25. The van der Waals surface area contributed by atoms with Crippen molar-refractivity contribution in [2.24, 2.45) is 5.10 Å². The second kappa shape index (κ2) is 10.3. The van der Waals surface area contributed by atoms with Gasteiger partial charge in [-0.15, -0.1) is 10.2 Å². The zero-order valence-electron chi connectivity index (χ0n) is 17.3. The van der Waals surface area contributed by atoms with Crippen molar-refractivity contribution >= 4 is 35.5 Å². The van der Waals surface area contributed by atoms with Crippen LogP contribution >= 0.6 is 23.4 Å². The van der Waals surface area contributed by atoms with E-state index in [0.717, 1.165) is 22.4 Å². The van der Waals surface area contributed by atoms with Crippen LogP contribution in [0.1, 0.15) is 11.1 Å². The Balaban J connectivity index is 1.51. The Morgan fingerprint density at radius 1 is 1.03 bits per heavy atom. The number of nitrogens with one attached hydrogen (secondary N) is 1. The summed E-state index contributed by atoms with van der Waals surface area (Å²) >= 11 is 7.39. The molecule has 0 radical (unpaired) electrons. The summed E-state index contributed by atoms with van der Waals surface area (Å²) in [6.45, 7) is 2.04. The number of hydrazone groups is 1. The Morgan fingerprint density at radius 3 is 2.50 bits per heavy atom. The molecule has 0 fully saturated rings. The zero-order valence-corrected chi connectivity index (χ0v) is 18.8. The number of rotatable bonds is 7. The maximum Gasteiger partial charge on any atom is 0.250 e. The first-order valence-corrected chi connectivity index (χ1v) is 11.3. The van der Waals surface area contributed by atoms with Crippen LogP contribution in [0.3, 0.4) is 0 Å². The van der Waals surface area contributed by atoms with Gasteiger partial charge < -0.3 is 0 Å². The van der Waals surface area contributed by atoms with Crippen LogP contribution < -0.4 is 5.43 Å². The molecule has 32 heavy (non-hydrogen) atoms. The minimum atomic E-state index is -0.252. The molecule has 1 heterocycles. The van der Waals surface area contributed by atoms with E-state index in [4.69, 9.17) is 11.6 Å². The normalized spacial score (nSPS) is 11.1. The number of aromatic nitrogens is 3. The lowest BCUT2D eigenvalue weighted by Gasteiger charge is -2.10. The first kappa shape index (κ1) is 21.8. The largest absolute Gasteiger partial charge is 0.272 e. The molecule has 0 unspecified atom stereocenters. The number of carbonyl (C=O) groups is 1. The molecule has 0 spiro atoms. The third-order valence-electron chi connectivity index (χ3n) is 4.59. The first-order chi connectivity index (χ1) is 15.6. The van der Waals surface area contributed by atoms with Crippen molar-refractivity contribution in [2.45, 2.75) is 12.1 Å². The molecule has 1 N–H and O–H groups in total. The number of hydrogen-bond donors (Lipinski definition) is 1. The predicted octanol–water partition coefficient (Wildman–Crippen LogP) is 5.14. The van der Waals surface area contributed by atoms with Crippen LogP contribution in [0.25, 0.3) is 17.1 Å². The van der Waals surface area contributed by atoms with E-state index >= 15 is 0 Å². The maximum atomic E-state index is 12.3. The highest BCUT2D eigenvalue weighted by molar-refractivity contribution is 7.99. The summed E-state index contributed by atoms with van der Waals surface area (Å²) in [5.74, 6) is 0.602. The van der Waals surface area contributed by atoms with Crippen molar-refractivity contribution < 1.29 is 4.79 Å². The van der Waals surface area contributed by atoms with E-state index in [1.54, 1.807) is 6.07 Å². The summed E-state index contributed by atoms with van der Waals surface area (Å²) in [4.78, 5) is 12.3. The fraction of sp³-hybridized carbons (Fsp3) is 0.0833. The molecule has 8 heteroatoms. The van der Waals surface area contributed by atoms with Crippen LogP contribution in [-0.4, -0.2) is 32.6 Å². The lowest BCUT2D eigenvalue weighted by Crippen LogP contribution is -2.20. The summed E-state index contributed by atoms with van der Waals surface area (Å²) < 4.78 is 1.96. The second-order valence-corrected chi connectivity index (χ2v) is 8.30. The van der Waals surface area contributed by atoms with Crippen molar-refractivity contribution in [3.63, 3.8) is 0 Å². The molecule has 0 atom stereocenters. The molecule has 0 bridgehead atoms. The van der Waals surface area contributed by atoms with E-state index in [2.05, 4.69) is 20.7 Å². The SMILES string of the molecule is Cc1ccc(-n2c(SCC(=O)NN=Cc3ccccc3Cl)nnc2-c2ccccc2)cc1. The van der Waals surface area contributed by atoms with Gasteiger partial charge in [-0.2, -0.15) is 5.10 Å². The molecule has 3 aromatic carbocycles. The number of benzene rings is 3. The van der Waals surface area contributed by atoms with E-state index in [1.165, 1.54) is 18.0 Å². The van der Waals surface area contributed by atoms with Crippen molar-refractivity contribution in [3.05, 3.63) is 95.0 Å². The Kier molecular flexibility index (Phi) is 6.99. The molecule has 1 aromatic heterocycles. The molecular formula is C24H20ClN5OS. The minimum absolute atomic E-state index is 0.138. The molecule has 0 aliphatic heterocycles. The van der Waals surface area contributed by atoms with Crippen LogP contribution in [-0.2, 0) is 4.79 Å². The van der Waals surface area contributed by atoms with Gasteiger partial charge in [-0.1, -0.05) is 89.6 Å². The molecule has 1 amide bonds. The number of amides is 1. The lowest BCUT2D eigenvalue weighted by atomic mass is 10.2. The first-order valence-electron chi connectivity index (χ1n) is 9.89. The molecule has 4 aromatic rings. The molecule has 6 nitrogen and oxygen atoms in total. The van der Waals surface area contributed by atoms with Gasteiger partial charge in [0.05, 0.1) is 12.0 Å². The molecular weight excluding hydrogens is 442 g/mol. The number of hydrogen-bond acceptors (Lipinski definition) is 5. The number of thioether (sulfide) groups is 1. The van der Waals surface area contributed by atoms with Gasteiger partial charge >= 0.3 is 0 Å². The highest BCUT2D eigenvalue weighted by Crippen LogP contribution is 2.28. The number of aryl methyl sites for hydroxylation is 1. The average Bonchev–Trinajstić information content (AvgIpc) is 3.24. The fourth-order valence-electron chi connectivity index (χ4n) is 2.98. The van der Waals surface area contributed by atoms with Crippen LogP contribution in [0.15, 0.2) is 89.1 Å². The quantitative estimate of drug-likeness (QED) is 0.235. The van der Waals surface area contributed by atoms with Gasteiger partial charge in [0.2, 0.25) is 0 Å². The highest BCUT2D eigenvalue weighted by Gasteiger charge is 2.17. The predicted molar refractivity (Wildman–Crippen MR) is 129 cm³/mol. The molecule has 160 valence electrons. The van der Waals surface area contributed by atoms with E-state index in [1.807, 2.05) is 84.3 Å². The van der Waals surface area contributed by atoms with Crippen LogP contribution in [0, 0.1) is 6.92 Å². The van der Waals surface area contributed by atoms with Gasteiger partial charge in [0.15, 0.2) is 11.0 Å². The van der Waals surface area contributed by atoms with Crippen molar-refractivity contribution in [2.75, 3.05) is 5.75 Å². The lowest BCUT2D eigenvalue weighted by molar-refractivity contribution is -0.118. The summed E-state index contributed by atoms with van der Waals surface area (Å²) in [7, 11) is 0. The number of halogens is 1. The molecule has 4 rings (SSSR count). The van der Waals surface area contributed by atoms with Crippen LogP contribution in [0.4, 0.5) is 0 Å². The topological polar surface area (TPSA) is 72.2 Å². The Bertz CT molecular complexity index is 1240. The minimum Gasteiger partial charge on any atom is -0.272 e. The summed E-state index contributed by atoms with van der Waals surface area (Å²) in [5, 5.41) is 13.9. The summed E-state index contributed by atoms with van der Waals surface area (Å²) in [6, 6.07) is 25.2. The van der Waals surface area contributed by atoms with E-state index in [-0.39, 0.29) is 11.7 Å². The molecule has 0 saturated heterocycles. The van der Waals surface area contributed by atoms with Crippen molar-refractivity contribution in [3.8, 4) is 17.1 Å². The third-order valence-corrected chi connectivity index (χ3v) is 5.86. The van der Waals surface area contributed by atoms with Crippen LogP contribution in [0.2, 0.25) is 5.02 Å². The van der Waals surface area contributed by atoms with Gasteiger partial charge in [0, 0.05) is 21.8 Å². The van der Waals surface area contributed by atoms with E-state index in [9.17, 15) is 4.79 Å². The zero-order chi connectivity index (χ0) is 22.3. The molecule has 0 aliphatic carbocycles. The van der Waals surface area contributed by atoms with Gasteiger partial charge in [-0.25, -0.2) is 5.43 Å². The Hall–Kier alpha value is -3.42. The molecule has 0 saturated carbocycles. The van der Waals surface area contributed by atoms with Gasteiger partial charge in [-0.05, 0) is 25.1 Å². The van der Waals surface area contributed by atoms with Crippen LogP contribution in [0.5, 0.6) is 0 Å². The summed E-state index contributed by atoms with van der Waals surface area (Å²) in [5.41, 5.74) is 6.29. The number of nitrogens with zero attached hydrogens (tertiary/aromatic N) is 4. The van der Waals surface area contributed by atoms with Gasteiger partial charge in [-0.3, -0.25) is 9.36 Å². The summed E-state index contributed by atoms with van der Waals surface area (Å²) in [6.07, 6.45) is 1.52. The second-order valence-electron chi connectivity index (χ2n) is 6.95. The standard InChI is InChI=1S/C24H20ClN5OS/c1-17-11-13-20(14-12-17)30-23(18-7-3-2-4-8-18)28-29-24(30)32-16-22(31)27-26-15-19-9-5-6-10-21(19)25/h2-15H,16H2,1H3,(H,27,31). The average molecular weight is 462 g/mol. The smallest absolute Gasteiger partial charge is 0.250 e. The van der Waals surface area contributed by atoms with Gasteiger partial charge in [0.25, 0.3) is 5.91 Å². The van der Waals surface area contributed by atoms with Crippen molar-refractivity contribution in [1.82, 2.24) is 20.2 Å². The van der Waals surface area contributed by atoms with E-state index in [0.29, 0.717) is 16.0 Å². The fourth-order valence-corrected chi connectivity index (χ4v) is 3.91. The van der Waals surface area contributed by atoms with E-state index < -0.39 is 0 Å². The Morgan fingerprint density at radius 2 is 1.75 bits per heavy atom. The van der Waals surface area contributed by atoms with Crippen molar-refractivity contribution in [1.29, 1.82) is 0 Å². The highest BCUT2D eigenvalue weighted by atomic mass is 35.5. The van der Waals surface area contributed by atoms with Gasteiger partial charge in [0.1, 0.15) is 0 Å². The molecule has 0 aliphatic rings. The maximum absolute atomic E-state index is 12.3.